The summed E-state index contributed by atoms with van der Waals surface area (Å²) in [5, 5.41) is 8.27. The molecule has 0 spiro atoms. The average molecular weight is 199 g/mol. The van der Waals surface area contributed by atoms with Gasteiger partial charge >= 0.3 is 12.1 Å². The van der Waals surface area contributed by atoms with Crippen LogP contribution in [0, 0.1) is 0 Å². The molecule has 0 aliphatic rings. The third-order valence-corrected chi connectivity index (χ3v) is 1.28. The van der Waals surface area contributed by atoms with Gasteiger partial charge in [-0.25, -0.2) is 9.59 Å². The number of carboxylic acids is 1. The maximum Gasteiger partial charge on any atom is 0.410 e. The number of carboxylic acid groups (broad SMARTS) is 1. The highest BCUT2D eigenvalue weighted by molar-refractivity contribution is 5.79. The second kappa shape index (κ2) is 6.71. The van der Waals surface area contributed by atoms with Crippen molar-refractivity contribution in [2.75, 3.05) is 20.2 Å². The topological polar surface area (TPSA) is 66.8 Å². The zero-order valence-corrected chi connectivity index (χ0v) is 7.97. The van der Waals surface area contributed by atoms with E-state index in [1.165, 1.54) is 24.1 Å². The SMILES string of the molecule is C=CCOC(=O)N(C)C/C=C/C(=O)O. The average Bonchev–Trinajstić information content (AvgIpc) is 2.13. The molecule has 1 N–H and O–H groups in total. The number of rotatable bonds is 5. The minimum atomic E-state index is -1.04. The minimum absolute atomic E-state index is 0.145. The molecule has 0 aromatic carbocycles. The molecule has 5 heteroatoms. The van der Waals surface area contributed by atoms with Crippen molar-refractivity contribution in [1.29, 1.82) is 0 Å². The summed E-state index contributed by atoms with van der Waals surface area (Å²) in [5.74, 6) is -1.04. The summed E-state index contributed by atoms with van der Waals surface area (Å²) in [6, 6.07) is 0. The number of ether oxygens (including phenoxy) is 1. The fourth-order valence-corrected chi connectivity index (χ4v) is 0.627. The lowest BCUT2D eigenvalue weighted by Gasteiger charge is -2.13. The number of likely N-dealkylation sites (N-methyl/N-ethyl adjacent to an activating group) is 1. The molecule has 0 aliphatic heterocycles. The Kier molecular flexibility index (Phi) is 5.85. The second-order valence-electron chi connectivity index (χ2n) is 2.49. The maximum absolute atomic E-state index is 11.1. The van der Waals surface area contributed by atoms with Crippen LogP contribution in [0.3, 0.4) is 0 Å². The monoisotopic (exact) mass is 199 g/mol. The van der Waals surface area contributed by atoms with Crippen LogP contribution in [0.2, 0.25) is 0 Å². The maximum atomic E-state index is 11.1. The van der Waals surface area contributed by atoms with Gasteiger partial charge in [0.05, 0.1) is 0 Å². The fourth-order valence-electron chi connectivity index (χ4n) is 0.627. The van der Waals surface area contributed by atoms with Crippen LogP contribution < -0.4 is 0 Å². The summed E-state index contributed by atoms with van der Waals surface area (Å²) in [6.45, 7) is 3.73. The number of aliphatic carboxylic acids is 1. The quantitative estimate of drug-likeness (QED) is 0.527. The van der Waals surface area contributed by atoms with Crippen molar-refractivity contribution in [3.05, 3.63) is 24.8 Å². The number of carbonyl (C=O) groups is 2. The Morgan fingerprint density at radius 1 is 1.57 bits per heavy atom. The summed E-state index contributed by atoms with van der Waals surface area (Å²) in [6.07, 6.45) is 3.27. The van der Waals surface area contributed by atoms with Crippen molar-refractivity contribution < 1.29 is 19.4 Å². The Labute approximate surface area is 82.3 Å². The summed E-state index contributed by atoms with van der Waals surface area (Å²) in [7, 11) is 1.51. The Bertz CT molecular complexity index is 247. The van der Waals surface area contributed by atoms with Crippen LogP contribution >= 0.6 is 0 Å². The number of hydrogen-bond acceptors (Lipinski definition) is 3. The third-order valence-electron chi connectivity index (χ3n) is 1.28. The van der Waals surface area contributed by atoms with E-state index in [4.69, 9.17) is 9.84 Å². The number of amides is 1. The van der Waals surface area contributed by atoms with Gasteiger partial charge in [0.15, 0.2) is 0 Å². The van der Waals surface area contributed by atoms with Gasteiger partial charge in [-0.1, -0.05) is 18.7 Å². The van der Waals surface area contributed by atoms with Crippen LogP contribution in [0.1, 0.15) is 0 Å². The molecule has 0 fully saturated rings. The Balaban J connectivity index is 3.83. The predicted octanol–water partition coefficient (Wildman–Crippen LogP) is 0.882. The van der Waals surface area contributed by atoms with Gasteiger partial charge in [-0.2, -0.15) is 0 Å². The molecular weight excluding hydrogens is 186 g/mol. The largest absolute Gasteiger partial charge is 0.478 e. The van der Waals surface area contributed by atoms with E-state index in [9.17, 15) is 9.59 Å². The van der Waals surface area contributed by atoms with Crippen molar-refractivity contribution in [1.82, 2.24) is 4.90 Å². The lowest BCUT2D eigenvalue weighted by molar-refractivity contribution is -0.131. The van der Waals surface area contributed by atoms with Crippen LogP contribution in [-0.2, 0) is 9.53 Å². The molecule has 0 aromatic heterocycles. The normalized spacial score (nSPS) is 9.79. The van der Waals surface area contributed by atoms with E-state index < -0.39 is 12.1 Å². The minimum Gasteiger partial charge on any atom is -0.478 e. The molecule has 0 rings (SSSR count). The predicted molar refractivity (Wildman–Crippen MR) is 51.0 cm³/mol. The molecule has 0 aliphatic carbocycles. The first-order valence-corrected chi connectivity index (χ1v) is 3.96. The Hall–Kier alpha value is -1.78. The van der Waals surface area contributed by atoms with Crippen molar-refractivity contribution in [2.45, 2.75) is 0 Å². The first-order valence-electron chi connectivity index (χ1n) is 3.96. The van der Waals surface area contributed by atoms with Gasteiger partial charge in [-0.15, -0.1) is 0 Å². The van der Waals surface area contributed by atoms with Crippen LogP contribution in [0.15, 0.2) is 24.8 Å². The van der Waals surface area contributed by atoms with Crippen LogP contribution in [0.4, 0.5) is 4.79 Å². The van der Waals surface area contributed by atoms with Gasteiger partial charge in [0.2, 0.25) is 0 Å². The van der Waals surface area contributed by atoms with Crippen LogP contribution in [0.5, 0.6) is 0 Å². The lowest BCUT2D eigenvalue weighted by Crippen LogP contribution is -2.27. The zero-order valence-electron chi connectivity index (χ0n) is 7.97. The molecule has 0 bridgehead atoms. The molecule has 0 atom stereocenters. The van der Waals surface area contributed by atoms with Crippen LogP contribution in [0.25, 0.3) is 0 Å². The molecule has 0 saturated carbocycles. The summed E-state index contributed by atoms with van der Waals surface area (Å²) in [5.41, 5.74) is 0. The van der Waals surface area contributed by atoms with E-state index in [1.54, 1.807) is 0 Å². The third kappa shape index (κ3) is 5.82. The summed E-state index contributed by atoms with van der Waals surface area (Å²) >= 11 is 0. The highest BCUT2D eigenvalue weighted by atomic mass is 16.6. The first-order chi connectivity index (χ1) is 6.57. The molecular formula is C9H13NO4. The Morgan fingerprint density at radius 3 is 2.71 bits per heavy atom. The molecule has 0 saturated heterocycles. The highest BCUT2D eigenvalue weighted by Gasteiger charge is 2.06. The molecule has 0 heterocycles. The second-order valence-corrected chi connectivity index (χ2v) is 2.49. The van der Waals surface area contributed by atoms with Gasteiger partial charge in [0, 0.05) is 19.7 Å². The number of hydrogen-bond donors (Lipinski definition) is 1. The van der Waals surface area contributed by atoms with Crippen molar-refractivity contribution in [2.24, 2.45) is 0 Å². The first kappa shape index (κ1) is 12.2. The smallest absolute Gasteiger partial charge is 0.410 e. The van der Waals surface area contributed by atoms with Gasteiger partial charge in [0.1, 0.15) is 6.61 Å². The van der Waals surface area contributed by atoms with E-state index in [1.807, 2.05) is 0 Å². The van der Waals surface area contributed by atoms with Crippen molar-refractivity contribution >= 4 is 12.1 Å². The van der Waals surface area contributed by atoms with Crippen LogP contribution in [-0.4, -0.2) is 42.3 Å². The molecule has 1 amide bonds. The molecule has 78 valence electrons. The van der Waals surface area contributed by atoms with Gasteiger partial charge < -0.3 is 14.7 Å². The van der Waals surface area contributed by atoms with Gasteiger partial charge in [-0.05, 0) is 0 Å². The fraction of sp³-hybridized carbons (Fsp3) is 0.333. The number of carbonyl (C=O) groups excluding carboxylic acids is 1. The summed E-state index contributed by atoms with van der Waals surface area (Å²) in [4.78, 5) is 22.4. The highest BCUT2D eigenvalue weighted by Crippen LogP contribution is 1.90. The molecule has 0 unspecified atom stereocenters. The Morgan fingerprint density at radius 2 is 2.21 bits per heavy atom. The molecule has 0 aromatic rings. The van der Waals surface area contributed by atoms with E-state index in [-0.39, 0.29) is 13.2 Å². The zero-order chi connectivity index (χ0) is 11.0. The van der Waals surface area contributed by atoms with E-state index >= 15 is 0 Å². The molecule has 5 nitrogen and oxygen atoms in total. The van der Waals surface area contributed by atoms with Gasteiger partial charge in [0.25, 0.3) is 0 Å². The van der Waals surface area contributed by atoms with E-state index in [0.29, 0.717) is 0 Å². The number of nitrogens with zero attached hydrogens (tertiary/aromatic N) is 1. The summed E-state index contributed by atoms with van der Waals surface area (Å²) < 4.78 is 4.70. The lowest BCUT2D eigenvalue weighted by atomic mass is 10.5. The van der Waals surface area contributed by atoms with E-state index in [2.05, 4.69) is 6.58 Å². The van der Waals surface area contributed by atoms with Crippen molar-refractivity contribution in [3.63, 3.8) is 0 Å². The standard InChI is InChI=1S/C9H13NO4/c1-3-7-14-9(13)10(2)6-4-5-8(11)12/h3-5H,1,6-7H2,2H3,(H,11,12)/b5-4+. The molecule has 14 heavy (non-hydrogen) atoms. The van der Waals surface area contributed by atoms with E-state index in [0.717, 1.165) is 6.08 Å². The molecule has 0 radical (unpaired) electrons. The van der Waals surface area contributed by atoms with Crippen molar-refractivity contribution in [3.8, 4) is 0 Å². The van der Waals surface area contributed by atoms with Gasteiger partial charge in [-0.3, -0.25) is 0 Å².